The molecule has 2 heterocycles. The van der Waals surface area contributed by atoms with E-state index in [1.54, 1.807) is 6.26 Å². The minimum Gasteiger partial charge on any atom is -0.478 e. The molecule has 0 radical (unpaired) electrons. The van der Waals surface area contributed by atoms with E-state index in [1.165, 1.54) is 12.3 Å². The number of carboxylic acids is 1. The Hall–Kier alpha value is -2.01. The van der Waals surface area contributed by atoms with Gasteiger partial charge in [-0.3, -0.25) is 0 Å². The molecule has 0 bridgehead atoms. The molecule has 0 saturated carbocycles. The van der Waals surface area contributed by atoms with Gasteiger partial charge in [-0.05, 0) is 18.2 Å². The highest BCUT2D eigenvalue weighted by atomic mass is 35.5. The van der Waals surface area contributed by atoms with Gasteiger partial charge in [-0.1, -0.05) is 11.6 Å². The third-order valence-corrected chi connectivity index (χ3v) is 2.75. The van der Waals surface area contributed by atoms with Gasteiger partial charge >= 0.3 is 5.97 Å². The van der Waals surface area contributed by atoms with Crippen LogP contribution in [0.4, 0.5) is 5.82 Å². The predicted molar refractivity (Wildman–Crippen MR) is 67.1 cm³/mol. The molecule has 0 amide bonds. The van der Waals surface area contributed by atoms with E-state index in [0.717, 1.165) is 5.76 Å². The Morgan fingerprint density at radius 3 is 3.00 bits per heavy atom. The fraction of sp³-hybridized carbons (Fsp3) is 0.167. The number of aromatic carboxylic acids is 1. The second-order valence-electron chi connectivity index (χ2n) is 3.58. The number of furan rings is 1. The Labute approximate surface area is 108 Å². The van der Waals surface area contributed by atoms with Crippen LogP contribution in [0.15, 0.2) is 35.1 Å². The van der Waals surface area contributed by atoms with Crippen LogP contribution in [0, 0.1) is 0 Å². The average Bonchev–Trinajstić information content (AvgIpc) is 2.84. The van der Waals surface area contributed by atoms with Crippen molar-refractivity contribution in [1.29, 1.82) is 0 Å². The van der Waals surface area contributed by atoms with Crippen LogP contribution in [0.2, 0.25) is 5.02 Å². The van der Waals surface area contributed by atoms with Gasteiger partial charge in [0.05, 0.1) is 16.8 Å². The smallest absolute Gasteiger partial charge is 0.337 e. The molecule has 0 saturated heterocycles. The third kappa shape index (κ3) is 2.81. The van der Waals surface area contributed by atoms with Gasteiger partial charge in [0, 0.05) is 19.2 Å². The molecule has 0 aliphatic rings. The van der Waals surface area contributed by atoms with Crippen molar-refractivity contribution in [1.82, 2.24) is 4.98 Å². The summed E-state index contributed by atoms with van der Waals surface area (Å²) in [6.07, 6.45) is 3.68. The zero-order valence-electron chi connectivity index (χ0n) is 9.39. The summed E-state index contributed by atoms with van der Waals surface area (Å²) in [5, 5.41) is 12.0. The Balaban J connectivity index is 2.01. The SMILES string of the molecule is O=C(O)c1ccnc(NCCc2ccco2)c1Cl. The van der Waals surface area contributed by atoms with E-state index in [9.17, 15) is 4.79 Å². The van der Waals surface area contributed by atoms with Crippen LogP contribution in [0.5, 0.6) is 0 Å². The lowest BCUT2D eigenvalue weighted by molar-refractivity contribution is 0.0697. The van der Waals surface area contributed by atoms with Gasteiger partial charge in [0.2, 0.25) is 0 Å². The summed E-state index contributed by atoms with van der Waals surface area (Å²) in [5.41, 5.74) is 0.0344. The largest absolute Gasteiger partial charge is 0.478 e. The summed E-state index contributed by atoms with van der Waals surface area (Å²) in [7, 11) is 0. The standard InChI is InChI=1S/C12H11ClN2O3/c13-10-9(12(16)17)4-6-15-11(10)14-5-3-8-2-1-7-18-8/h1-2,4,6-7H,3,5H2,(H,14,15)(H,16,17). The number of carbonyl (C=O) groups is 1. The van der Waals surface area contributed by atoms with Crippen LogP contribution in [0.25, 0.3) is 0 Å². The minimum atomic E-state index is -1.07. The third-order valence-electron chi connectivity index (χ3n) is 2.36. The molecule has 5 nitrogen and oxygen atoms in total. The molecule has 0 fully saturated rings. The molecule has 0 spiro atoms. The Bertz CT molecular complexity index is 540. The lowest BCUT2D eigenvalue weighted by Gasteiger charge is -2.07. The molecular formula is C12H11ClN2O3. The number of halogens is 1. The number of rotatable bonds is 5. The molecular weight excluding hydrogens is 256 g/mol. The fourth-order valence-corrected chi connectivity index (χ4v) is 1.75. The van der Waals surface area contributed by atoms with E-state index >= 15 is 0 Å². The molecule has 0 aromatic carbocycles. The molecule has 2 aromatic heterocycles. The quantitative estimate of drug-likeness (QED) is 0.870. The van der Waals surface area contributed by atoms with Gasteiger partial charge in [0.25, 0.3) is 0 Å². The van der Waals surface area contributed by atoms with Crippen molar-refractivity contribution in [3.8, 4) is 0 Å². The van der Waals surface area contributed by atoms with Gasteiger partial charge in [0.1, 0.15) is 11.6 Å². The van der Waals surface area contributed by atoms with Crippen LogP contribution in [-0.2, 0) is 6.42 Å². The van der Waals surface area contributed by atoms with Crippen molar-refractivity contribution in [2.45, 2.75) is 6.42 Å². The van der Waals surface area contributed by atoms with E-state index in [0.29, 0.717) is 18.8 Å². The maximum Gasteiger partial charge on any atom is 0.337 e. The van der Waals surface area contributed by atoms with Gasteiger partial charge in [0.15, 0.2) is 0 Å². The van der Waals surface area contributed by atoms with Gasteiger partial charge < -0.3 is 14.8 Å². The molecule has 2 N–H and O–H groups in total. The van der Waals surface area contributed by atoms with E-state index in [2.05, 4.69) is 10.3 Å². The number of anilines is 1. The molecule has 2 rings (SSSR count). The maximum absolute atomic E-state index is 10.9. The summed E-state index contributed by atoms with van der Waals surface area (Å²) in [5.74, 6) is 0.132. The highest BCUT2D eigenvalue weighted by Crippen LogP contribution is 2.23. The van der Waals surface area contributed by atoms with Gasteiger partial charge in [-0.2, -0.15) is 0 Å². The number of nitrogens with one attached hydrogen (secondary N) is 1. The van der Waals surface area contributed by atoms with Crippen LogP contribution in [0.3, 0.4) is 0 Å². The monoisotopic (exact) mass is 266 g/mol. The zero-order valence-corrected chi connectivity index (χ0v) is 10.1. The number of nitrogens with zero attached hydrogens (tertiary/aromatic N) is 1. The molecule has 0 unspecified atom stereocenters. The summed E-state index contributed by atoms with van der Waals surface area (Å²) in [6, 6.07) is 5.04. The van der Waals surface area contributed by atoms with E-state index in [-0.39, 0.29) is 10.6 Å². The Morgan fingerprint density at radius 2 is 2.33 bits per heavy atom. The zero-order chi connectivity index (χ0) is 13.0. The summed E-state index contributed by atoms with van der Waals surface area (Å²) in [4.78, 5) is 14.9. The van der Waals surface area contributed by atoms with Crippen molar-refractivity contribution in [2.75, 3.05) is 11.9 Å². The summed E-state index contributed by atoms with van der Waals surface area (Å²) in [6.45, 7) is 0.559. The second-order valence-corrected chi connectivity index (χ2v) is 3.96. The first-order valence-corrected chi connectivity index (χ1v) is 5.70. The first kappa shape index (κ1) is 12.4. The maximum atomic E-state index is 10.9. The Kier molecular flexibility index (Phi) is 3.84. The van der Waals surface area contributed by atoms with Crippen LogP contribution in [0.1, 0.15) is 16.1 Å². The van der Waals surface area contributed by atoms with Gasteiger partial charge in [-0.25, -0.2) is 9.78 Å². The topological polar surface area (TPSA) is 75.4 Å². The fourth-order valence-electron chi connectivity index (χ4n) is 1.49. The van der Waals surface area contributed by atoms with E-state index in [1.807, 2.05) is 12.1 Å². The molecule has 0 atom stereocenters. The predicted octanol–water partition coefficient (Wildman–Crippen LogP) is 2.68. The van der Waals surface area contributed by atoms with Crippen LogP contribution < -0.4 is 5.32 Å². The van der Waals surface area contributed by atoms with Crippen molar-refractivity contribution < 1.29 is 14.3 Å². The van der Waals surface area contributed by atoms with Crippen molar-refractivity contribution in [3.05, 3.63) is 47.0 Å². The molecule has 0 aliphatic carbocycles. The van der Waals surface area contributed by atoms with E-state index < -0.39 is 5.97 Å². The molecule has 2 aromatic rings. The van der Waals surface area contributed by atoms with Gasteiger partial charge in [-0.15, -0.1) is 0 Å². The molecule has 18 heavy (non-hydrogen) atoms. The normalized spacial score (nSPS) is 10.3. The highest BCUT2D eigenvalue weighted by molar-refractivity contribution is 6.35. The van der Waals surface area contributed by atoms with E-state index in [4.69, 9.17) is 21.1 Å². The number of hydrogen-bond donors (Lipinski definition) is 2. The summed E-state index contributed by atoms with van der Waals surface area (Å²) < 4.78 is 5.18. The summed E-state index contributed by atoms with van der Waals surface area (Å²) >= 11 is 5.94. The second kappa shape index (κ2) is 5.55. The number of pyridine rings is 1. The lowest BCUT2D eigenvalue weighted by Crippen LogP contribution is -2.08. The minimum absolute atomic E-state index is 0.0344. The lowest BCUT2D eigenvalue weighted by atomic mass is 10.2. The first-order chi connectivity index (χ1) is 8.68. The average molecular weight is 267 g/mol. The van der Waals surface area contributed by atoms with Crippen molar-refractivity contribution in [3.63, 3.8) is 0 Å². The number of hydrogen-bond acceptors (Lipinski definition) is 4. The Morgan fingerprint density at radius 1 is 1.50 bits per heavy atom. The number of aromatic nitrogens is 1. The van der Waals surface area contributed by atoms with Crippen LogP contribution in [-0.4, -0.2) is 22.6 Å². The van der Waals surface area contributed by atoms with Crippen molar-refractivity contribution >= 4 is 23.4 Å². The first-order valence-electron chi connectivity index (χ1n) is 5.32. The molecule has 6 heteroatoms. The highest BCUT2D eigenvalue weighted by Gasteiger charge is 2.12. The van der Waals surface area contributed by atoms with Crippen molar-refractivity contribution in [2.24, 2.45) is 0 Å². The molecule has 0 aliphatic heterocycles. The van der Waals surface area contributed by atoms with Crippen LogP contribution >= 0.6 is 11.6 Å². The number of carboxylic acid groups (broad SMARTS) is 1. The molecule has 94 valence electrons.